The summed E-state index contributed by atoms with van der Waals surface area (Å²) in [6.07, 6.45) is 2.96. The number of amides is 1. The molecule has 0 radical (unpaired) electrons. The Hall–Kier alpha value is -1.98. The highest BCUT2D eigenvalue weighted by Crippen LogP contribution is 2.18. The minimum absolute atomic E-state index is 0.0990. The van der Waals surface area contributed by atoms with Gasteiger partial charge in [-0.1, -0.05) is 26.7 Å². The maximum absolute atomic E-state index is 13.1. The Kier molecular flexibility index (Phi) is 6.09. The molecule has 1 N–H and O–H groups in total. The number of nitro benzene ring substituents is 1. The number of nitrogens with zero attached hydrogens (tertiary/aromatic N) is 1. The van der Waals surface area contributed by atoms with E-state index in [4.69, 9.17) is 0 Å². The van der Waals surface area contributed by atoms with Crippen molar-refractivity contribution in [2.75, 3.05) is 6.54 Å². The number of carbonyl (C=O) groups excluding carboxylic acids is 1. The van der Waals surface area contributed by atoms with Crippen molar-refractivity contribution in [3.05, 3.63) is 39.7 Å². The van der Waals surface area contributed by atoms with Gasteiger partial charge < -0.3 is 5.32 Å². The Morgan fingerprint density at radius 3 is 2.70 bits per heavy atom. The van der Waals surface area contributed by atoms with Gasteiger partial charge in [-0.15, -0.1) is 0 Å². The standard InChI is InChI=1S/C14H19FN2O3/c1-10(2)5-3-4-8-16-14(18)11-6-7-12(15)13(9-11)17(19)20/h6-7,9-10H,3-5,8H2,1-2H3,(H,16,18). The fourth-order valence-electron chi connectivity index (χ4n) is 1.78. The van der Waals surface area contributed by atoms with E-state index in [1.54, 1.807) is 0 Å². The van der Waals surface area contributed by atoms with Crippen LogP contribution >= 0.6 is 0 Å². The highest BCUT2D eigenvalue weighted by molar-refractivity contribution is 5.94. The predicted molar refractivity (Wildman–Crippen MR) is 74.1 cm³/mol. The maximum atomic E-state index is 13.1. The van der Waals surface area contributed by atoms with Crippen molar-refractivity contribution in [2.24, 2.45) is 5.92 Å². The first-order chi connectivity index (χ1) is 9.41. The Bertz CT molecular complexity index is 489. The van der Waals surface area contributed by atoms with Crippen LogP contribution in [-0.2, 0) is 0 Å². The number of carbonyl (C=O) groups is 1. The van der Waals surface area contributed by atoms with Crippen molar-refractivity contribution in [1.29, 1.82) is 0 Å². The van der Waals surface area contributed by atoms with Crippen LogP contribution in [0.4, 0.5) is 10.1 Å². The molecule has 1 amide bonds. The summed E-state index contributed by atoms with van der Waals surface area (Å²) in [5, 5.41) is 13.3. The largest absolute Gasteiger partial charge is 0.352 e. The van der Waals surface area contributed by atoms with Gasteiger partial charge in [0.05, 0.1) is 4.92 Å². The van der Waals surface area contributed by atoms with Crippen LogP contribution < -0.4 is 5.32 Å². The molecule has 0 unspecified atom stereocenters. The van der Waals surface area contributed by atoms with E-state index in [1.165, 1.54) is 6.07 Å². The summed E-state index contributed by atoms with van der Waals surface area (Å²) < 4.78 is 13.1. The zero-order valence-corrected chi connectivity index (χ0v) is 11.7. The predicted octanol–water partition coefficient (Wildman–Crippen LogP) is 3.29. The second kappa shape index (κ2) is 7.57. The number of benzene rings is 1. The quantitative estimate of drug-likeness (QED) is 0.474. The van der Waals surface area contributed by atoms with Crippen LogP contribution in [0.1, 0.15) is 43.5 Å². The highest BCUT2D eigenvalue weighted by atomic mass is 19.1. The molecule has 0 spiro atoms. The molecule has 0 atom stereocenters. The number of unbranched alkanes of at least 4 members (excludes halogenated alkanes) is 1. The van der Waals surface area contributed by atoms with Gasteiger partial charge in [0.25, 0.3) is 5.91 Å². The molecule has 0 heterocycles. The van der Waals surface area contributed by atoms with Gasteiger partial charge in [0, 0.05) is 18.2 Å². The molecule has 5 nitrogen and oxygen atoms in total. The Labute approximate surface area is 117 Å². The van der Waals surface area contributed by atoms with Gasteiger partial charge in [-0.05, 0) is 24.5 Å². The molecule has 0 aliphatic carbocycles. The van der Waals surface area contributed by atoms with E-state index in [1.807, 2.05) is 0 Å². The molecule has 6 heteroatoms. The number of hydrogen-bond acceptors (Lipinski definition) is 3. The summed E-state index contributed by atoms with van der Waals surface area (Å²) in [6, 6.07) is 3.14. The van der Waals surface area contributed by atoms with Crippen LogP contribution in [0, 0.1) is 21.8 Å². The summed E-state index contributed by atoms with van der Waals surface area (Å²) >= 11 is 0. The van der Waals surface area contributed by atoms with Crippen molar-refractivity contribution >= 4 is 11.6 Å². The van der Waals surface area contributed by atoms with Gasteiger partial charge in [0.2, 0.25) is 5.82 Å². The molecule has 110 valence electrons. The molecule has 1 aromatic rings. The van der Waals surface area contributed by atoms with E-state index < -0.39 is 22.3 Å². The molecule has 1 rings (SSSR count). The van der Waals surface area contributed by atoms with E-state index in [9.17, 15) is 19.3 Å². The summed E-state index contributed by atoms with van der Waals surface area (Å²) in [6.45, 7) is 4.78. The summed E-state index contributed by atoms with van der Waals surface area (Å²) in [5.74, 6) is -0.730. The third-order valence-electron chi connectivity index (χ3n) is 2.90. The molecule has 20 heavy (non-hydrogen) atoms. The zero-order valence-electron chi connectivity index (χ0n) is 11.7. The molecule has 0 aliphatic rings. The lowest BCUT2D eigenvalue weighted by Crippen LogP contribution is -2.24. The third kappa shape index (κ3) is 4.95. The first-order valence-corrected chi connectivity index (χ1v) is 6.64. The topological polar surface area (TPSA) is 72.2 Å². The average Bonchev–Trinajstić information content (AvgIpc) is 2.37. The normalized spacial score (nSPS) is 10.6. The Morgan fingerprint density at radius 2 is 2.10 bits per heavy atom. The van der Waals surface area contributed by atoms with Crippen molar-refractivity contribution in [2.45, 2.75) is 33.1 Å². The lowest BCUT2D eigenvalue weighted by molar-refractivity contribution is -0.387. The monoisotopic (exact) mass is 282 g/mol. The minimum Gasteiger partial charge on any atom is -0.352 e. The first kappa shape index (κ1) is 16.1. The highest BCUT2D eigenvalue weighted by Gasteiger charge is 2.17. The van der Waals surface area contributed by atoms with E-state index >= 15 is 0 Å². The molecule has 0 bridgehead atoms. The van der Waals surface area contributed by atoms with Gasteiger partial charge in [0.1, 0.15) is 0 Å². The Balaban J connectivity index is 2.51. The molecule has 0 fully saturated rings. The average molecular weight is 282 g/mol. The van der Waals surface area contributed by atoms with Crippen molar-refractivity contribution < 1.29 is 14.1 Å². The molecule has 0 aromatic heterocycles. The number of rotatable bonds is 7. The number of halogens is 1. The van der Waals surface area contributed by atoms with Gasteiger partial charge in [-0.2, -0.15) is 4.39 Å². The number of hydrogen-bond donors (Lipinski definition) is 1. The molecule has 1 aromatic carbocycles. The zero-order chi connectivity index (χ0) is 15.1. The lowest BCUT2D eigenvalue weighted by Gasteiger charge is -2.06. The van der Waals surface area contributed by atoms with E-state index in [2.05, 4.69) is 19.2 Å². The molecule has 0 saturated carbocycles. The lowest BCUT2D eigenvalue weighted by atomic mass is 10.1. The second-order valence-electron chi connectivity index (χ2n) is 5.07. The van der Waals surface area contributed by atoms with Crippen LogP contribution in [0.5, 0.6) is 0 Å². The van der Waals surface area contributed by atoms with E-state index in [-0.39, 0.29) is 5.56 Å². The van der Waals surface area contributed by atoms with Crippen molar-refractivity contribution in [3.63, 3.8) is 0 Å². The fourth-order valence-corrected chi connectivity index (χ4v) is 1.78. The Morgan fingerprint density at radius 1 is 1.40 bits per heavy atom. The van der Waals surface area contributed by atoms with E-state index in [0.29, 0.717) is 12.5 Å². The van der Waals surface area contributed by atoms with Crippen molar-refractivity contribution in [1.82, 2.24) is 5.32 Å². The molecular formula is C14H19FN2O3. The third-order valence-corrected chi connectivity index (χ3v) is 2.90. The smallest absolute Gasteiger partial charge is 0.305 e. The summed E-state index contributed by atoms with van der Waals surface area (Å²) in [5.41, 5.74) is -0.584. The minimum atomic E-state index is -0.941. The van der Waals surface area contributed by atoms with Crippen LogP contribution in [0.3, 0.4) is 0 Å². The van der Waals surface area contributed by atoms with Gasteiger partial charge in [-0.25, -0.2) is 0 Å². The van der Waals surface area contributed by atoms with Gasteiger partial charge in [0.15, 0.2) is 0 Å². The van der Waals surface area contributed by atoms with Crippen LogP contribution in [0.25, 0.3) is 0 Å². The number of nitrogens with one attached hydrogen (secondary N) is 1. The van der Waals surface area contributed by atoms with E-state index in [0.717, 1.165) is 31.4 Å². The summed E-state index contributed by atoms with van der Waals surface area (Å²) in [7, 11) is 0. The van der Waals surface area contributed by atoms with Crippen LogP contribution in [0.15, 0.2) is 18.2 Å². The second-order valence-corrected chi connectivity index (χ2v) is 5.07. The molecule has 0 aliphatic heterocycles. The van der Waals surface area contributed by atoms with Crippen LogP contribution in [-0.4, -0.2) is 17.4 Å². The SMILES string of the molecule is CC(C)CCCCNC(=O)c1ccc(F)c([N+](=O)[O-])c1. The van der Waals surface area contributed by atoms with Crippen LogP contribution in [0.2, 0.25) is 0 Å². The first-order valence-electron chi connectivity index (χ1n) is 6.64. The summed E-state index contributed by atoms with van der Waals surface area (Å²) in [4.78, 5) is 21.5. The van der Waals surface area contributed by atoms with Gasteiger partial charge >= 0.3 is 5.69 Å². The van der Waals surface area contributed by atoms with Gasteiger partial charge in [-0.3, -0.25) is 14.9 Å². The molecule has 0 saturated heterocycles. The maximum Gasteiger partial charge on any atom is 0.305 e. The number of nitro groups is 1. The van der Waals surface area contributed by atoms with Crippen molar-refractivity contribution in [3.8, 4) is 0 Å². The fraction of sp³-hybridized carbons (Fsp3) is 0.500. The molecular weight excluding hydrogens is 263 g/mol.